The Labute approximate surface area is 102 Å². The molecular weight excluding hydrogens is 304 g/mol. The Hall–Kier alpha value is -0.260. The van der Waals surface area contributed by atoms with E-state index in [-0.39, 0.29) is 5.75 Å². The molecule has 0 aliphatic heterocycles. The first kappa shape index (κ1) is 12.8. The molecule has 0 unspecified atom stereocenters. The van der Waals surface area contributed by atoms with E-state index < -0.39 is 9.05 Å². The van der Waals surface area contributed by atoms with Crippen molar-refractivity contribution in [3.63, 3.8) is 0 Å². The second-order valence-electron chi connectivity index (χ2n) is 3.06. The van der Waals surface area contributed by atoms with Gasteiger partial charge in [0.25, 0.3) is 0 Å². The summed E-state index contributed by atoms with van der Waals surface area (Å²) in [6.07, 6.45) is 0. The smallest absolute Gasteiger partial charge is 0.236 e. The number of rotatable bonds is 3. The molecule has 0 amide bonds. The largest absolute Gasteiger partial charge is 0.496 e. The SMILES string of the molecule is COc1ccc(C)c(CS(=O)(=O)Cl)c1Br. The third-order valence-corrected chi connectivity index (χ3v) is 3.81. The summed E-state index contributed by atoms with van der Waals surface area (Å²) in [5.41, 5.74) is 1.48. The van der Waals surface area contributed by atoms with Gasteiger partial charge in [0.1, 0.15) is 5.75 Å². The molecule has 0 bridgehead atoms. The van der Waals surface area contributed by atoms with Crippen molar-refractivity contribution in [1.82, 2.24) is 0 Å². The van der Waals surface area contributed by atoms with Gasteiger partial charge in [-0.25, -0.2) is 8.42 Å². The lowest BCUT2D eigenvalue weighted by Crippen LogP contribution is -2.00. The van der Waals surface area contributed by atoms with Gasteiger partial charge in [-0.05, 0) is 40.0 Å². The standard InChI is InChI=1S/C9H10BrClO3S/c1-6-3-4-8(14-2)9(10)7(6)5-15(11,12)13/h3-4H,5H2,1-2H3. The molecule has 15 heavy (non-hydrogen) atoms. The number of hydrogen-bond donors (Lipinski definition) is 0. The molecule has 0 heterocycles. The molecule has 0 radical (unpaired) electrons. The van der Waals surface area contributed by atoms with Crippen molar-refractivity contribution >= 4 is 35.7 Å². The second-order valence-corrected chi connectivity index (χ2v) is 6.63. The van der Waals surface area contributed by atoms with Crippen LogP contribution in [0.1, 0.15) is 11.1 Å². The summed E-state index contributed by atoms with van der Waals surface area (Å²) in [5, 5.41) is 0. The summed E-state index contributed by atoms with van der Waals surface area (Å²) in [7, 11) is 3.18. The van der Waals surface area contributed by atoms with Crippen LogP contribution in [0.4, 0.5) is 0 Å². The van der Waals surface area contributed by atoms with Gasteiger partial charge in [0.15, 0.2) is 0 Å². The van der Waals surface area contributed by atoms with E-state index in [1.807, 2.05) is 6.92 Å². The van der Waals surface area contributed by atoms with Crippen molar-refractivity contribution in [2.24, 2.45) is 0 Å². The fourth-order valence-corrected chi connectivity index (χ4v) is 3.18. The van der Waals surface area contributed by atoms with Crippen molar-refractivity contribution in [2.45, 2.75) is 12.7 Å². The van der Waals surface area contributed by atoms with Crippen molar-refractivity contribution in [2.75, 3.05) is 7.11 Å². The van der Waals surface area contributed by atoms with E-state index in [0.29, 0.717) is 15.8 Å². The predicted octanol–water partition coefficient (Wildman–Crippen LogP) is 2.83. The number of aryl methyl sites for hydroxylation is 1. The molecule has 0 fully saturated rings. The molecule has 1 aromatic carbocycles. The van der Waals surface area contributed by atoms with E-state index >= 15 is 0 Å². The van der Waals surface area contributed by atoms with Crippen LogP contribution in [0.3, 0.4) is 0 Å². The Kier molecular flexibility index (Phi) is 4.03. The van der Waals surface area contributed by atoms with Gasteiger partial charge in [0.05, 0.1) is 17.3 Å². The summed E-state index contributed by atoms with van der Waals surface area (Å²) >= 11 is 3.30. The molecule has 3 nitrogen and oxygen atoms in total. The monoisotopic (exact) mass is 312 g/mol. The average Bonchev–Trinajstić information content (AvgIpc) is 2.11. The highest BCUT2D eigenvalue weighted by molar-refractivity contribution is 9.10. The van der Waals surface area contributed by atoms with Gasteiger partial charge in [-0.15, -0.1) is 0 Å². The lowest BCUT2D eigenvalue weighted by molar-refractivity contribution is 0.411. The minimum Gasteiger partial charge on any atom is -0.496 e. The van der Waals surface area contributed by atoms with Crippen LogP contribution in [0.2, 0.25) is 0 Å². The van der Waals surface area contributed by atoms with E-state index in [4.69, 9.17) is 15.4 Å². The van der Waals surface area contributed by atoms with Crippen molar-refractivity contribution in [1.29, 1.82) is 0 Å². The number of halogens is 2. The van der Waals surface area contributed by atoms with E-state index in [1.54, 1.807) is 12.1 Å². The van der Waals surface area contributed by atoms with Crippen LogP contribution >= 0.6 is 26.6 Å². The van der Waals surface area contributed by atoms with Crippen molar-refractivity contribution < 1.29 is 13.2 Å². The maximum atomic E-state index is 11.0. The summed E-state index contributed by atoms with van der Waals surface area (Å²) in [6, 6.07) is 3.56. The Morgan fingerprint density at radius 3 is 2.53 bits per heavy atom. The first-order valence-electron chi connectivity index (χ1n) is 4.09. The third kappa shape index (κ3) is 3.36. The molecule has 1 aromatic rings. The first-order valence-corrected chi connectivity index (χ1v) is 7.36. The molecule has 84 valence electrons. The van der Waals surface area contributed by atoms with Gasteiger partial charge in [0, 0.05) is 10.7 Å². The van der Waals surface area contributed by atoms with Gasteiger partial charge in [-0.1, -0.05) is 6.07 Å². The molecule has 1 rings (SSSR count). The van der Waals surface area contributed by atoms with Crippen LogP contribution in [0.15, 0.2) is 16.6 Å². The van der Waals surface area contributed by atoms with Crippen LogP contribution in [0.5, 0.6) is 5.75 Å². The summed E-state index contributed by atoms with van der Waals surface area (Å²) in [5.74, 6) is 0.383. The van der Waals surface area contributed by atoms with Gasteiger partial charge in [0.2, 0.25) is 9.05 Å². The minimum atomic E-state index is -3.56. The molecule has 0 N–H and O–H groups in total. The molecule has 0 aliphatic carbocycles. The van der Waals surface area contributed by atoms with Gasteiger partial charge in [-0.2, -0.15) is 0 Å². The summed E-state index contributed by atoms with van der Waals surface area (Å²) in [6.45, 7) is 1.82. The normalized spacial score (nSPS) is 11.5. The van der Waals surface area contributed by atoms with Gasteiger partial charge >= 0.3 is 0 Å². The highest BCUT2D eigenvalue weighted by atomic mass is 79.9. The van der Waals surface area contributed by atoms with Crippen LogP contribution < -0.4 is 4.74 Å². The number of benzene rings is 1. The Balaban J connectivity index is 3.27. The number of hydrogen-bond acceptors (Lipinski definition) is 3. The topological polar surface area (TPSA) is 43.4 Å². The molecule has 0 atom stereocenters. The maximum absolute atomic E-state index is 11.0. The molecule has 0 spiro atoms. The average molecular weight is 314 g/mol. The molecule has 0 aromatic heterocycles. The van der Waals surface area contributed by atoms with Crippen LogP contribution in [-0.2, 0) is 14.8 Å². The Bertz CT molecular complexity index is 470. The predicted molar refractivity (Wildman–Crippen MR) is 63.9 cm³/mol. The summed E-state index contributed by atoms with van der Waals surface area (Å²) < 4.78 is 27.7. The Morgan fingerprint density at radius 1 is 1.47 bits per heavy atom. The lowest BCUT2D eigenvalue weighted by Gasteiger charge is -2.10. The van der Waals surface area contributed by atoms with Crippen molar-refractivity contribution in [3.8, 4) is 5.75 Å². The number of methoxy groups -OCH3 is 1. The van der Waals surface area contributed by atoms with E-state index in [0.717, 1.165) is 5.56 Å². The highest BCUT2D eigenvalue weighted by Gasteiger charge is 2.15. The maximum Gasteiger partial charge on any atom is 0.236 e. The number of ether oxygens (including phenoxy) is 1. The van der Waals surface area contributed by atoms with E-state index in [9.17, 15) is 8.42 Å². The minimum absolute atomic E-state index is 0.210. The van der Waals surface area contributed by atoms with Crippen LogP contribution in [-0.4, -0.2) is 15.5 Å². The molecule has 6 heteroatoms. The summed E-state index contributed by atoms with van der Waals surface area (Å²) in [4.78, 5) is 0. The fraction of sp³-hybridized carbons (Fsp3) is 0.333. The lowest BCUT2D eigenvalue weighted by atomic mass is 10.1. The first-order chi connectivity index (χ1) is 6.85. The third-order valence-electron chi connectivity index (χ3n) is 1.98. The van der Waals surface area contributed by atoms with Gasteiger partial charge in [-0.3, -0.25) is 0 Å². The Morgan fingerprint density at radius 2 is 2.07 bits per heavy atom. The zero-order chi connectivity index (χ0) is 11.6. The van der Waals surface area contributed by atoms with Crippen LogP contribution in [0.25, 0.3) is 0 Å². The zero-order valence-corrected chi connectivity index (χ0v) is 11.4. The second kappa shape index (κ2) is 4.72. The molecule has 0 saturated heterocycles. The molecule has 0 aliphatic rings. The quantitative estimate of drug-likeness (QED) is 0.806. The molecule has 0 saturated carbocycles. The molecular formula is C9H10BrClO3S. The van der Waals surface area contributed by atoms with Crippen LogP contribution in [0, 0.1) is 6.92 Å². The fourth-order valence-electron chi connectivity index (χ4n) is 1.20. The highest BCUT2D eigenvalue weighted by Crippen LogP contribution is 2.32. The van der Waals surface area contributed by atoms with E-state index in [1.165, 1.54) is 7.11 Å². The van der Waals surface area contributed by atoms with Crippen molar-refractivity contribution in [3.05, 3.63) is 27.7 Å². The van der Waals surface area contributed by atoms with Gasteiger partial charge < -0.3 is 4.74 Å². The van der Waals surface area contributed by atoms with E-state index in [2.05, 4.69) is 15.9 Å². The zero-order valence-electron chi connectivity index (χ0n) is 8.25.